The Morgan fingerprint density at radius 3 is 2.60 bits per heavy atom. The van der Waals surface area contributed by atoms with Crippen LogP contribution in [0.25, 0.3) is 5.69 Å². The molecule has 132 valence electrons. The SMILES string of the molecule is Cc1ccccc1-n1nc(C)c(CN(C)Cc2noc(CN)n2)c1C. The average Bonchev–Trinajstić information content (AvgIpc) is 3.15. The summed E-state index contributed by atoms with van der Waals surface area (Å²) in [7, 11) is 2.03. The molecule has 0 unspecified atom stereocenters. The van der Waals surface area contributed by atoms with Crippen molar-refractivity contribution < 1.29 is 4.52 Å². The minimum atomic E-state index is 0.262. The molecule has 7 heteroatoms. The summed E-state index contributed by atoms with van der Waals surface area (Å²) < 4.78 is 7.08. The minimum Gasteiger partial charge on any atom is -0.338 e. The van der Waals surface area contributed by atoms with Gasteiger partial charge >= 0.3 is 0 Å². The lowest BCUT2D eigenvalue weighted by atomic mass is 10.1. The molecule has 2 heterocycles. The highest BCUT2D eigenvalue weighted by molar-refractivity contribution is 5.42. The molecule has 0 atom stereocenters. The first-order chi connectivity index (χ1) is 12.0. The van der Waals surface area contributed by atoms with E-state index in [1.54, 1.807) is 0 Å². The first-order valence-electron chi connectivity index (χ1n) is 8.30. The van der Waals surface area contributed by atoms with Crippen LogP contribution in [0.3, 0.4) is 0 Å². The molecule has 3 rings (SSSR count). The lowest BCUT2D eigenvalue weighted by Crippen LogP contribution is -2.19. The summed E-state index contributed by atoms with van der Waals surface area (Å²) in [6.07, 6.45) is 0. The molecule has 0 radical (unpaired) electrons. The third kappa shape index (κ3) is 3.62. The number of aryl methyl sites for hydroxylation is 2. The van der Waals surface area contributed by atoms with E-state index in [0.29, 0.717) is 18.3 Å². The predicted octanol–water partition coefficient (Wildman–Crippen LogP) is 2.27. The molecule has 0 aliphatic rings. The fourth-order valence-corrected chi connectivity index (χ4v) is 2.94. The zero-order valence-corrected chi connectivity index (χ0v) is 15.2. The summed E-state index contributed by atoms with van der Waals surface area (Å²) >= 11 is 0. The number of hydrogen-bond acceptors (Lipinski definition) is 6. The second-order valence-electron chi connectivity index (χ2n) is 6.33. The van der Waals surface area contributed by atoms with Crippen molar-refractivity contribution in [3.05, 3.63) is 58.5 Å². The van der Waals surface area contributed by atoms with Gasteiger partial charge in [0.2, 0.25) is 5.89 Å². The molecule has 25 heavy (non-hydrogen) atoms. The molecular weight excluding hydrogens is 316 g/mol. The van der Waals surface area contributed by atoms with Gasteiger partial charge in [-0.05, 0) is 39.4 Å². The highest BCUT2D eigenvalue weighted by Crippen LogP contribution is 2.21. The van der Waals surface area contributed by atoms with Crippen LogP contribution in [0, 0.1) is 20.8 Å². The highest BCUT2D eigenvalue weighted by Gasteiger charge is 2.16. The molecule has 7 nitrogen and oxygen atoms in total. The second-order valence-corrected chi connectivity index (χ2v) is 6.33. The fourth-order valence-electron chi connectivity index (χ4n) is 2.94. The first kappa shape index (κ1) is 17.3. The number of nitrogens with two attached hydrogens (primary N) is 1. The number of benzene rings is 1. The van der Waals surface area contributed by atoms with Crippen LogP contribution in [-0.4, -0.2) is 31.9 Å². The van der Waals surface area contributed by atoms with E-state index in [1.807, 2.05) is 30.8 Å². The van der Waals surface area contributed by atoms with E-state index in [4.69, 9.17) is 15.4 Å². The predicted molar refractivity (Wildman–Crippen MR) is 95.1 cm³/mol. The topological polar surface area (TPSA) is 86.0 Å². The third-order valence-electron chi connectivity index (χ3n) is 4.31. The van der Waals surface area contributed by atoms with Crippen LogP contribution < -0.4 is 5.73 Å². The molecule has 0 spiro atoms. The van der Waals surface area contributed by atoms with Gasteiger partial charge in [0.25, 0.3) is 0 Å². The van der Waals surface area contributed by atoms with E-state index in [9.17, 15) is 0 Å². The minimum absolute atomic E-state index is 0.262. The molecule has 0 bridgehead atoms. The van der Waals surface area contributed by atoms with Gasteiger partial charge in [0.05, 0.1) is 24.5 Å². The Kier molecular flexibility index (Phi) is 4.96. The molecular formula is C18H24N6O. The Balaban J connectivity index is 1.80. The zero-order chi connectivity index (χ0) is 18.0. The van der Waals surface area contributed by atoms with E-state index in [0.717, 1.165) is 23.6 Å². The quantitative estimate of drug-likeness (QED) is 0.741. The summed E-state index contributed by atoms with van der Waals surface area (Å²) in [5.41, 5.74) is 11.2. The van der Waals surface area contributed by atoms with E-state index in [2.05, 4.69) is 41.0 Å². The normalized spacial score (nSPS) is 11.4. The molecule has 2 aromatic heterocycles. The van der Waals surface area contributed by atoms with Gasteiger partial charge < -0.3 is 10.3 Å². The summed E-state index contributed by atoms with van der Waals surface area (Å²) in [5.74, 6) is 1.10. The Hall–Kier alpha value is -2.51. The van der Waals surface area contributed by atoms with E-state index >= 15 is 0 Å². The van der Waals surface area contributed by atoms with Crippen LogP contribution in [0.4, 0.5) is 0 Å². The number of hydrogen-bond donors (Lipinski definition) is 1. The molecule has 0 fully saturated rings. The van der Waals surface area contributed by atoms with Crippen LogP contribution in [0.1, 0.15) is 34.2 Å². The molecule has 0 saturated heterocycles. The summed E-state index contributed by atoms with van der Waals surface area (Å²) in [4.78, 5) is 6.40. The maximum Gasteiger partial charge on any atom is 0.240 e. The van der Waals surface area contributed by atoms with E-state index in [1.165, 1.54) is 11.1 Å². The number of aromatic nitrogens is 4. The molecule has 0 amide bonds. The van der Waals surface area contributed by atoms with E-state index < -0.39 is 0 Å². The van der Waals surface area contributed by atoms with Crippen LogP contribution in [0.15, 0.2) is 28.8 Å². The molecule has 2 N–H and O–H groups in total. The maximum atomic E-state index is 5.51. The lowest BCUT2D eigenvalue weighted by Gasteiger charge is -2.15. The Bertz CT molecular complexity index is 866. The van der Waals surface area contributed by atoms with Crippen molar-refractivity contribution >= 4 is 0 Å². The standard InChI is InChI=1S/C18H24N6O/c1-12-7-5-6-8-16(12)24-14(3)15(13(2)21-24)10-23(4)11-17-20-18(9-19)25-22-17/h5-8H,9-11,19H2,1-4H3. The van der Waals surface area contributed by atoms with Crippen LogP contribution in [0.2, 0.25) is 0 Å². The Morgan fingerprint density at radius 1 is 1.16 bits per heavy atom. The van der Waals surface area contributed by atoms with Crippen molar-refractivity contribution in [3.63, 3.8) is 0 Å². The number of rotatable bonds is 6. The van der Waals surface area contributed by atoms with Gasteiger partial charge in [0.15, 0.2) is 5.82 Å². The van der Waals surface area contributed by atoms with Crippen molar-refractivity contribution in [2.75, 3.05) is 7.05 Å². The van der Waals surface area contributed by atoms with Crippen LogP contribution in [0.5, 0.6) is 0 Å². The van der Waals surface area contributed by atoms with Gasteiger partial charge in [-0.2, -0.15) is 10.1 Å². The molecule has 1 aromatic carbocycles. The molecule has 0 aliphatic heterocycles. The van der Waals surface area contributed by atoms with Gasteiger partial charge in [0.1, 0.15) is 0 Å². The molecule has 0 aliphatic carbocycles. The summed E-state index contributed by atoms with van der Waals surface area (Å²) in [6, 6.07) is 8.27. The zero-order valence-electron chi connectivity index (χ0n) is 15.2. The van der Waals surface area contributed by atoms with Crippen molar-refractivity contribution in [1.82, 2.24) is 24.8 Å². The number of para-hydroxylation sites is 1. The maximum absolute atomic E-state index is 5.51. The highest BCUT2D eigenvalue weighted by atomic mass is 16.5. The van der Waals surface area contributed by atoms with Crippen LogP contribution >= 0.6 is 0 Å². The molecule has 0 saturated carbocycles. The van der Waals surface area contributed by atoms with Gasteiger partial charge in [-0.3, -0.25) is 4.90 Å². The second kappa shape index (κ2) is 7.16. The van der Waals surface area contributed by atoms with Gasteiger partial charge in [-0.1, -0.05) is 23.4 Å². The van der Waals surface area contributed by atoms with Crippen molar-refractivity contribution in [2.24, 2.45) is 5.73 Å². The van der Waals surface area contributed by atoms with E-state index in [-0.39, 0.29) is 6.54 Å². The average molecular weight is 340 g/mol. The Labute approximate surface area is 147 Å². The van der Waals surface area contributed by atoms with Gasteiger partial charge in [-0.15, -0.1) is 0 Å². The monoisotopic (exact) mass is 340 g/mol. The summed E-state index contributed by atoms with van der Waals surface area (Å²) in [6.45, 7) is 7.87. The molecule has 3 aromatic rings. The summed E-state index contributed by atoms with van der Waals surface area (Å²) in [5, 5.41) is 8.69. The first-order valence-corrected chi connectivity index (χ1v) is 8.30. The van der Waals surface area contributed by atoms with Gasteiger partial charge in [0, 0.05) is 17.8 Å². The van der Waals surface area contributed by atoms with Crippen molar-refractivity contribution in [3.8, 4) is 5.69 Å². The fraction of sp³-hybridized carbons (Fsp3) is 0.389. The van der Waals surface area contributed by atoms with Crippen LogP contribution in [-0.2, 0) is 19.6 Å². The van der Waals surface area contributed by atoms with Gasteiger partial charge in [-0.25, -0.2) is 4.68 Å². The third-order valence-corrected chi connectivity index (χ3v) is 4.31. The smallest absolute Gasteiger partial charge is 0.240 e. The Morgan fingerprint density at radius 2 is 1.92 bits per heavy atom. The number of nitrogens with zero attached hydrogens (tertiary/aromatic N) is 5. The lowest BCUT2D eigenvalue weighted by molar-refractivity contribution is 0.298. The van der Waals surface area contributed by atoms with Crippen molar-refractivity contribution in [1.29, 1.82) is 0 Å². The largest absolute Gasteiger partial charge is 0.338 e. The van der Waals surface area contributed by atoms with Crippen molar-refractivity contribution in [2.45, 2.75) is 40.4 Å².